The molecule has 0 aromatic rings. The van der Waals surface area contributed by atoms with Crippen molar-refractivity contribution in [2.24, 2.45) is 17.3 Å². The van der Waals surface area contributed by atoms with Gasteiger partial charge in [-0.1, -0.05) is 6.42 Å². The first-order valence-corrected chi connectivity index (χ1v) is 7.47. The summed E-state index contributed by atoms with van der Waals surface area (Å²) in [5, 5.41) is 0. The van der Waals surface area contributed by atoms with Gasteiger partial charge in [0.15, 0.2) is 0 Å². The molecule has 0 aromatic heterocycles. The molecule has 2 fully saturated rings. The van der Waals surface area contributed by atoms with E-state index in [1.165, 1.54) is 32.1 Å². The maximum absolute atomic E-state index is 6.26. The number of alkyl halides is 1. The molecule has 0 N–H and O–H groups in total. The normalized spacial score (nSPS) is 35.6. The Morgan fingerprint density at radius 1 is 1.24 bits per heavy atom. The lowest BCUT2D eigenvalue weighted by Crippen LogP contribution is -2.30. The predicted octanol–water partition coefficient (Wildman–Crippen LogP) is 3.47. The SMILES string of the molecule is COCCOCCCC1(CCl)CC2CCC1C2. The van der Waals surface area contributed by atoms with Crippen molar-refractivity contribution >= 4 is 11.6 Å². The van der Waals surface area contributed by atoms with Gasteiger partial charge in [-0.25, -0.2) is 0 Å². The van der Waals surface area contributed by atoms with E-state index in [1.807, 2.05) is 0 Å². The molecular formula is C14H25ClO2. The fraction of sp³-hybridized carbons (Fsp3) is 1.00. The first-order valence-electron chi connectivity index (χ1n) is 6.93. The number of fused-ring (bicyclic) bond motifs is 2. The van der Waals surface area contributed by atoms with Gasteiger partial charge in [0.25, 0.3) is 0 Å². The summed E-state index contributed by atoms with van der Waals surface area (Å²) < 4.78 is 10.5. The highest BCUT2D eigenvalue weighted by molar-refractivity contribution is 6.18. The van der Waals surface area contributed by atoms with Crippen LogP contribution in [0.2, 0.25) is 0 Å². The highest BCUT2D eigenvalue weighted by Gasteiger charge is 2.49. The van der Waals surface area contributed by atoms with Crippen molar-refractivity contribution in [3.05, 3.63) is 0 Å². The van der Waals surface area contributed by atoms with Crippen molar-refractivity contribution in [1.82, 2.24) is 0 Å². The summed E-state index contributed by atoms with van der Waals surface area (Å²) in [7, 11) is 1.71. The summed E-state index contributed by atoms with van der Waals surface area (Å²) >= 11 is 6.26. The second kappa shape index (κ2) is 6.40. The summed E-state index contributed by atoms with van der Waals surface area (Å²) in [6, 6.07) is 0. The maximum Gasteiger partial charge on any atom is 0.0700 e. The van der Waals surface area contributed by atoms with Crippen molar-refractivity contribution in [2.75, 3.05) is 32.8 Å². The van der Waals surface area contributed by atoms with Crippen LogP contribution in [0.25, 0.3) is 0 Å². The van der Waals surface area contributed by atoms with E-state index in [9.17, 15) is 0 Å². The Bertz CT molecular complexity index is 234. The zero-order valence-electron chi connectivity index (χ0n) is 10.9. The third kappa shape index (κ3) is 3.15. The van der Waals surface area contributed by atoms with Crippen LogP contribution in [0.4, 0.5) is 0 Å². The number of hydrogen-bond acceptors (Lipinski definition) is 2. The Morgan fingerprint density at radius 3 is 2.71 bits per heavy atom. The highest BCUT2D eigenvalue weighted by atomic mass is 35.5. The molecule has 2 aliphatic carbocycles. The van der Waals surface area contributed by atoms with Gasteiger partial charge in [-0.15, -0.1) is 11.6 Å². The zero-order valence-corrected chi connectivity index (χ0v) is 11.7. The minimum absolute atomic E-state index is 0.453. The molecule has 0 radical (unpaired) electrons. The third-order valence-corrected chi connectivity index (χ3v) is 5.30. The lowest BCUT2D eigenvalue weighted by Gasteiger charge is -2.36. The first-order chi connectivity index (χ1) is 8.30. The van der Waals surface area contributed by atoms with Gasteiger partial charge in [-0.05, 0) is 49.4 Å². The monoisotopic (exact) mass is 260 g/mol. The zero-order chi connectivity index (χ0) is 12.1. The molecule has 0 spiro atoms. The summed E-state index contributed by atoms with van der Waals surface area (Å²) in [5.41, 5.74) is 0.453. The molecule has 2 aliphatic rings. The van der Waals surface area contributed by atoms with E-state index in [0.717, 1.165) is 37.4 Å². The molecule has 2 saturated carbocycles. The lowest BCUT2D eigenvalue weighted by atomic mass is 9.71. The van der Waals surface area contributed by atoms with E-state index in [0.29, 0.717) is 12.0 Å². The van der Waals surface area contributed by atoms with Crippen LogP contribution >= 0.6 is 11.6 Å². The van der Waals surface area contributed by atoms with E-state index < -0.39 is 0 Å². The fourth-order valence-corrected chi connectivity index (χ4v) is 4.33. The Morgan fingerprint density at radius 2 is 2.12 bits per heavy atom. The van der Waals surface area contributed by atoms with Gasteiger partial charge in [0, 0.05) is 19.6 Å². The Hall–Kier alpha value is 0.210. The largest absolute Gasteiger partial charge is 0.382 e. The second-order valence-electron chi connectivity index (χ2n) is 5.78. The van der Waals surface area contributed by atoms with Crippen LogP contribution in [-0.4, -0.2) is 32.8 Å². The first kappa shape index (κ1) is 13.6. The fourth-order valence-electron chi connectivity index (χ4n) is 3.87. The summed E-state index contributed by atoms with van der Waals surface area (Å²) in [5.74, 6) is 2.74. The molecule has 17 heavy (non-hydrogen) atoms. The summed E-state index contributed by atoms with van der Waals surface area (Å²) in [4.78, 5) is 0. The second-order valence-corrected chi connectivity index (χ2v) is 6.05. The van der Waals surface area contributed by atoms with Gasteiger partial charge in [-0.3, -0.25) is 0 Å². The average Bonchev–Trinajstić information content (AvgIpc) is 2.94. The molecular weight excluding hydrogens is 236 g/mol. The number of hydrogen-bond donors (Lipinski definition) is 0. The van der Waals surface area contributed by atoms with E-state index in [-0.39, 0.29) is 0 Å². The third-order valence-electron chi connectivity index (χ3n) is 4.76. The minimum Gasteiger partial charge on any atom is -0.382 e. The molecule has 2 nitrogen and oxygen atoms in total. The van der Waals surface area contributed by atoms with Crippen LogP contribution in [0, 0.1) is 17.3 Å². The lowest BCUT2D eigenvalue weighted by molar-refractivity contribution is 0.0600. The van der Waals surface area contributed by atoms with Crippen LogP contribution in [0.1, 0.15) is 38.5 Å². The molecule has 0 saturated heterocycles. The molecule has 100 valence electrons. The van der Waals surface area contributed by atoms with Gasteiger partial charge in [0.2, 0.25) is 0 Å². The Labute approximate surface area is 110 Å². The molecule has 0 amide bonds. The van der Waals surface area contributed by atoms with Crippen LogP contribution in [-0.2, 0) is 9.47 Å². The number of methoxy groups -OCH3 is 1. The van der Waals surface area contributed by atoms with E-state index in [1.54, 1.807) is 7.11 Å². The van der Waals surface area contributed by atoms with Crippen molar-refractivity contribution in [3.63, 3.8) is 0 Å². The topological polar surface area (TPSA) is 18.5 Å². The quantitative estimate of drug-likeness (QED) is 0.491. The molecule has 2 bridgehead atoms. The molecule has 0 aromatic carbocycles. The van der Waals surface area contributed by atoms with Crippen molar-refractivity contribution in [1.29, 1.82) is 0 Å². The van der Waals surface area contributed by atoms with Gasteiger partial charge >= 0.3 is 0 Å². The van der Waals surface area contributed by atoms with E-state index in [4.69, 9.17) is 21.1 Å². The van der Waals surface area contributed by atoms with Crippen molar-refractivity contribution < 1.29 is 9.47 Å². The maximum atomic E-state index is 6.26. The standard InChI is InChI=1S/C14H25ClO2/c1-16-7-8-17-6-2-5-14(11-15)10-12-3-4-13(14)9-12/h12-13H,2-11H2,1H3. The predicted molar refractivity (Wildman–Crippen MR) is 70.5 cm³/mol. The van der Waals surface area contributed by atoms with Crippen LogP contribution in [0.15, 0.2) is 0 Å². The highest BCUT2D eigenvalue weighted by Crippen LogP contribution is 2.58. The van der Waals surface area contributed by atoms with Gasteiger partial charge in [0.1, 0.15) is 0 Å². The Balaban J connectivity index is 1.66. The Kier molecular flexibility index (Phi) is 5.13. The molecule has 3 heteroatoms. The number of rotatable bonds is 8. The van der Waals surface area contributed by atoms with E-state index >= 15 is 0 Å². The smallest absolute Gasteiger partial charge is 0.0700 e. The summed E-state index contributed by atoms with van der Waals surface area (Å²) in [6.45, 7) is 2.28. The molecule has 2 rings (SSSR count). The van der Waals surface area contributed by atoms with Crippen molar-refractivity contribution in [2.45, 2.75) is 38.5 Å². The van der Waals surface area contributed by atoms with Gasteiger partial charge < -0.3 is 9.47 Å². The van der Waals surface area contributed by atoms with Gasteiger partial charge in [0.05, 0.1) is 13.2 Å². The van der Waals surface area contributed by atoms with E-state index in [2.05, 4.69) is 0 Å². The minimum atomic E-state index is 0.453. The number of ether oxygens (including phenoxy) is 2. The van der Waals surface area contributed by atoms with Crippen molar-refractivity contribution in [3.8, 4) is 0 Å². The summed E-state index contributed by atoms with van der Waals surface area (Å²) in [6.07, 6.45) is 8.09. The molecule has 3 unspecified atom stereocenters. The van der Waals surface area contributed by atoms with Crippen LogP contribution in [0.5, 0.6) is 0 Å². The molecule has 0 heterocycles. The van der Waals surface area contributed by atoms with Gasteiger partial charge in [-0.2, -0.15) is 0 Å². The van der Waals surface area contributed by atoms with Crippen LogP contribution < -0.4 is 0 Å². The number of halogens is 1. The molecule has 0 aliphatic heterocycles. The average molecular weight is 261 g/mol. The van der Waals surface area contributed by atoms with Crippen LogP contribution in [0.3, 0.4) is 0 Å². The molecule has 3 atom stereocenters.